The van der Waals surface area contributed by atoms with Crippen LogP contribution in [0.2, 0.25) is 0 Å². The molecule has 6 heteroatoms. The van der Waals surface area contributed by atoms with Crippen molar-refractivity contribution in [3.8, 4) is 0 Å². The van der Waals surface area contributed by atoms with Gasteiger partial charge in [-0.05, 0) is 29.9 Å². The Labute approximate surface area is 163 Å². The van der Waals surface area contributed by atoms with Crippen LogP contribution in [0.5, 0.6) is 0 Å². The van der Waals surface area contributed by atoms with Crippen molar-refractivity contribution >= 4 is 22.2 Å². The number of thiazole rings is 1. The van der Waals surface area contributed by atoms with Crippen molar-refractivity contribution in [1.29, 1.82) is 0 Å². The Kier molecular flexibility index (Phi) is 6.06. The Balaban J connectivity index is 1.82. The summed E-state index contributed by atoms with van der Waals surface area (Å²) in [7, 11) is 0. The van der Waals surface area contributed by atoms with E-state index in [0.717, 1.165) is 12.0 Å². The first-order valence-electron chi connectivity index (χ1n) is 9.35. The highest BCUT2D eigenvalue weighted by Gasteiger charge is 2.21. The van der Waals surface area contributed by atoms with Gasteiger partial charge in [0.15, 0.2) is 4.96 Å². The van der Waals surface area contributed by atoms with E-state index in [1.807, 2.05) is 0 Å². The van der Waals surface area contributed by atoms with Gasteiger partial charge in [0.05, 0.1) is 6.04 Å². The maximum absolute atomic E-state index is 12.8. The topological polar surface area (TPSA) is 63.5 Å². The maximum Gasteiger partial charge on any atom is 0.271 e. The molecule has 1 unspecified atom stereocenters. The molecule has 3 aromatic rings. The molecule has 0 saturated carbocycles. The van der Waals surface area contributed by atoms with E-state index in [1.165, 1.54) is 40.3 Å². The van der Waals surface area contributed by atoms with E-state index in [4.69, 9.17) is 0 Å². The molecular formula is C21H25N3O2S. The molecule has 1 atom stereocenters. The number of benzene rings is 1. The standard InChI is InChI=1S/C21H25N3O2S/c1-4-5-6-15-7-9-16(10-8-15)18(14(2)3)23-19(25)17-13-22-21-24(20(17)26)11-12-27-21/h7-14,18H,4-6H2,1-3H3,(H,23,25). The molecule has 0 spiro atoms. The smallest absolute Gasteiger partial charge is 0.271 e. The van der Waals surface area contributed by atoms with Gasteiger partial charge < -0.3 is 5.32 Å². The summed E-state index contributed by atoms with van der Waals surface area (Å²) in [5.74, 6) is -0.196. The molecule has 0 radical (unpaired) electrons. The van der Waals surface area contributed by atoms with Crippen molar-refractivity contribution in [1.82, 2.24) is 14.7 Å². The van der Waals surface area contributed by atoms with Crippen LogP contribution in [-0.4, -0.2) is 15.3 Å². The highest BCUT2D eigenvalue weighted by atomic mass is 32.1. The van der Waals surface area contributed by atoms with E-state index >= 15 is 0 Å². The lowest BCUT2D eigenvalue weighted by Gasteiger charge is -2.23. The lowest BCUT2D eigenvalue weighted by molar-refractivity contribution is 0.0923. The van der Waals surface area contributed by atoms with Crippen LogP contribution in [-0.2, 0) is 6.42 Å². The Morgan fingerprint density at radius 2 is 2.00 bits per heavy atom. The number of aromatic nitrogens is 2. The summed E-state index contributed by atoms with van der Waals surface area (Å²) in [5.41, 5.74) is 2.08. The lowest BCUT2D eigenvalue weighted by atomic mass is 9.94. The summed E-state index contributed by atoms with van der Waals surface area (Å²) in [6.45, 7) is 6.30. The molecule has 5 nitrogen and oxygen atoms in total. The van der Waals surface area contributed by atoms with Gasteiger partial charge in [-0.1, -0.05) is 51.5 Å². The third kappa shape index (κ3) is 4.27. The van der Waals surface area contributed by atoms with Gasteiger partial charge in [0.25, 0.3) is 11.5 Å². The fourth-order valence-corrected chi connectivity index (χ4v) is 3.78. The molecule has 1 aromatic carbocycles. The third-order valence-electron chi connectivity index (χ3n) is 4.70. The number of carbonyl (C=O) groups is 1. The SMILES string of the molecule is CCCCc1ccc(C(NC(=O)c2cnc3sccn3c2=O)C(C)C)cc1. The number of amides is 1. The molecule has 1 N–H and O–H groups in total. The summed E-state index contributed by atoms with van der Waals surface area (Å²) in [6.07, 6.45) is 6.42. The van der Waals surface area contributed by atoms with Gasteiger partial charge in [-0.3, -0.25) is 14.0 Å². The van der Waals surface area contributed by atoms with E-state index in [1.54, 1.807) is 11.6 Å². The molecular weight excluding hydrogens is 358 g/mol. The fraction of sp³-hybridized carbons (Fsp3) is 0.381. The lowest BCUT2D eigenvalue weighted by Crippen LogP contribution is -2.35. The van der Waals surface area contributed by atoms with Crippen LogP contribution in [0, 0.1) is 5.92 Å². The Morgan fingerprint density at radius 3 is 2.67 bits per heavy atom. The van der Waals surface area contributed by atoms with Gasteiger partial charge in [-0.15, -0.1) is 11.3 Å². The summed E-state index contributed by atoms with van der Waals surface area (Å²) in [4.78, 5) is 30.1. The zero-order valence-corrected chi connectivity index (χ0v) is 16.8. The van der Waals surface area contributed by atoms with Crippen molar-refractivity contribution in [2.24, 2.45) is 5.92 Å². The summed E-state index contributed by atoms with van der Waals surface area (Å²) >= 11 is 1.36. The molecule has 142 valence electrons. The average molecular weight is 384 g/mol. The first-order valence-corrected chi connectivity index (χ1v) is 10.2. The molecule has 0 fully saturated rings. The van der Waals surface area contributed by atoms with Gasteiger partial charge in [-0.25, -0.2) is 4.98 Å². The van der Waals surface area contributed by atoms with E-state index in [-0.39, 0.29) is 29.0 Å². The number of rotatable bonds is 7. The number of hydrogen-bond donors (Lipinski definition) is 1. The van der Waals surface area contributed by atoms with Crippen molar-refractivity contribution in [2.45, 2.75) is 46.1 Å². The first kappa shape index (κ1) is 19.3. The van der Waals surface area contributed by atoms with E-state index in [0.29, 0.717) is 4.96 Å². The number of hydrogen-bond acceptors (Lipinski definition) is 4. The van der Waals surface area contributed by atoms with Crippen LogP contribution in [0.15, 0.2) is 46.8 Å². The van der Waals surface area contributed by atoms with Crippen LogP contribution in [0.1, 0.15) is 61.1 Å². The Morgan fingerprint density at radius 1 is 1.26 bits per heavy atom. The minimum absolute atomic E-state index is 0.0658. The molecule has 0 saturated heterocycles. The second kappa shape index (κ2) is 8.48. The number of aryl methyl sites for hydroxylation is 1. The van der Waals surface area contributed by atoms with Gasteiger partial charge in [0.2, 0.25) is 0 Å². The van der Waals surface area contributed by atoms with Crippen molar-refractivity contribution in [3.63, 3.8) is 0 Å². The number of unbranched alkanes of at least 4 members (excludes halogenated alkanes) is 1. The third-order valence-corrected chi connectivity index (χ3v) is 5.47. The molecule has 2 heterocycles. The molecule has 0 aliphatic rings. The second-order valence-electron chi connectivity index (χ2n) is 7.07. The zero-order valence-electron chi connectivity index (χ0n) is 15.9. The minimum atomic E-state index is -0.387. The maximum atomic E-state index is 12.8. The predicted molar refractivity (Wildman–Crippen MR) is 109 cm³/mol. The van der Waals surface area contributed by atoms with Gasteiger partial charge >= 0.3 is 0 Å². The Hall–Kier alpha value is -2.47. The van der Waals surface area contributed by atoms with Crippen molar-refractivity contribution in [3.05, 3.63) is 69.1 Å². The molecule has 3 rings (SSSR count). The highest BCUT2D eigenvalue weighted by molar-refractivity contribution is 7.15. The minimum Gasteiger partial charge on any atom is -0.345 e. The van der Waals surface area contributed by atoms with Gasteiger partial charge in [-0.2, -0.15) is 0 Å². The van der Waals surface area contributed by atoms with Crippen LogP contribution in [0.25, 0.3) is 4.96 Å². The van der Waals surface area contributed by atoms with Crippen LogP contribution < -0.4 is 10.9 Å². The fourth-order valence-electron chi connectivity index (χ4n) is 3.11. The van der Waals surface area contributed by atoms with Crippen LogP contribution >= 0.6 is 11.3 Å². The molecule has 1 amide bonds. The van der Waals surface area contributed by atoms with Gasteiger partial charge in [0.1, 0.15) is 5.56 Å². The number of nitrogens with zero attached hydrogens (tertiary/aromatic N) is 2. The average Bonchev–Trinajstić information content (AvgIpc) is 3.14. The zero-order chi connectivity index (χ0) is 19.4. The Bertz CT molecular complexity index is 973. The summed E-state index contributed by atoms with van der Waals surface area (Å²) in [5, 5.41) is 4.80. The number of fused-ring (bicyclic) bond motifs is 1. The number of carbonyl (C=O) groups excluding carboxylic acids is 1. The van der Waals surface area contributed by atoms with Crippen molar-refractivity contribution in [2.75, 3.05) is 0 Å². The van der Waals surface area contributed by atoms with Crippen LogP contribution in [0.4, 0.5) is 0 Å². The van der Waals surface area contributed by atoms with E-state index in [9.17, 15) is 9.59 Å². The second-order valence-corrected chi connectivity index (χ2v) is 7.95. The summed E-state index contributed by atoms with van der Waals surface area (Å²) in [6, 6.07) is 8.23. The summed E-state index contributed by atoms with van der Waals surface area (Å²) < 4.78 is 1.41. The molecule has 0 aliphatic heterocycles. The monoisotopic (exact) mass is 383 g/mol. The molecule has 2 aromatic heterocycles. The number of nitrogens with one attached hydrogen (secondary N) is 1. The quantitative estimate of drug-likeness (QED) is 0.664. The van der Waals surface area contributed by atoms with E-state index in [2.05, 4.69) is 55.3 Å². The van der Waals surface area contributed by atoms with Crippen molar-refractivity contribution < 1.29 is 4.79 Å². The molecule has 0 aliphatic carbocycles. The van der Waals surface area contributed by atoms with E-state index < -0.39 is 0 Å². The first-order chi connectivity index (χ1) is 13.0. The molecule has 0 bridgehead atoms. The molecule has 27 heavy (non-hydrogen) atoms. The van der Waals surface area contributed by atoms with Gasteiger partial charge in [0, 0.05) is 17.8 Å². The highest BCUT2D eigenvalue weighted by Crippen LogP contribution is 2.23. The normalized spacial score (nSPS) is 12.4. The predicted octanol–water partition coefficient (Wildman–Crippen LogP) is 4.23. The largest absolute Gasteiger partial charge is 0.345 e. The van der Waals surface area contributed by atoms with Crippen LogP contribution in [0.3, 0.4) is 0 Å².